The molecule has 0 aliphatic heterocycles. The second-order valence-electron chi connectivity index (χ2n) is 7.01. The molecule has 2 aromatic carbocycles. The lowest BCUT2D eigenvalue weighted by Gasteiger charge is -2.14. The lowest BCUT2D eigenvalue weighted by atomic mass is 10.0. The number of primary amides is 1. The predicted molar refractivity (Wildman–Crippen MR) is 110 cm³/mol. The molecule has 1 aliphatic carbocycles. The van der Waals surface area contributed by atoms with Crippen LogP contribution >= 0.6 is 0 Å². The monoisotopic (exact) mass is 362 g/mol. The number of carbonyl (C=O) groups excluding carboxylic acids is 1. The van der Waals surface area contributed by atoms with E-state index in [4.69, 9.17) is 5.73 Å². The van der Waals surface area contributed by atoms with Crippen LogP contribution in [-0.4, -0.2) is 10.5 Å². The summed E-state index contributed by atoms with van der Waals surface area (Å²) in [4.78, 5) is 24.1. The highest BCUT2D eigenvalue weighted by molar-refractivity contribution is 6.07. The van der Waals surface area contributed by atoms with E-state index in [1.807, 2.05) is 6.07 Å². The van der Waals surface area contributed by atoms with Crippen molar-refractivity contribution in [3.63, 3.8) is 0 Å². The van der Waals surface area contributed by atoms with Crippen molar-refractivity contribution in [1.29, 1.82) is 0 Å². The van der Waals surface area contributed by atoms with Gasteiger partial charge in [-0.3, -0.25) is 9.59 Å². The van der Waals surface area contributed by atoms with E-state index >= 15 is 0 Å². The van der Waals surface area contributed by atoms with Crippen molar-refractivity contribution in [1.82, 2.24) is 4.57 Å². The molecule has 27 heavy (non-hydrogen) atoms. The van der Waals surface area contributed by atoms with Gasteiger partial charge in [-0.2, -0.15) is 0 Å². The van der Waals surface area contributed by atoms with E-state index in [1.54, 1.807) is 29.7 Å². The molecule has 140 valence electrons. The molecule has 4 rings (SSSR count). The fourth-order valence-corrected chi connectivity index (χ4v) is 3.50. The molecule has 3 aromatic rings. The van der Waals surface area contributed by atoms with Crippen molar-refractivity contribution in [2.45, 2.75) is 45.6 Å². The van der Waals surface area contributed by atoms with Gasteiger partial charge in [-0.25, -0.2) is 0 Å². The Balaban J connectivity index is 0.000000197. The summed E-state index contributed by atoms with van der Waals surface area (Å²) in [7, 11) is 0. The number of hydrogen-bond donors (Lipinski definition) is 1. The molecular formula is C23H26N2O2. The highest BCUT2D eigenvalue weighted by Gasteiger charge is 2.29. The number of carbonyl (C=O) groups is 1. The van der Waals surface area contributed by atoms with Crippen LogP contribution < -0.4 is 11.3 Å². The zero-order valence-electron chi connectivity index (χ0n) is 15.9. The lowest BCUT2D eigenvalue weighted by molar-refractivity contribution is 0.100. The SMILES string of the molecule is CCCc1ccccc1.Cc1c(C(N)=O)c2ccccc2c(=O)n1C1CC1. The van der Waals surface area contributed by atoms with Crippen molar-refractivity contribution >= 4 is 16.7 Å². The van der Waals surface area contributed by atoms with Crippen LogP contribution in [0.2, 0.25) is 0 Å². The third-order valence-corrected chi connectivity index (χ3v) is 4.91. The van der Waals surface area contributed by atoms with E-state index in [0.29, 0.717) is 22.0 Å². The summed E-state index contributed by atoms with van der Waals surface area (Å²) >= 11 is 0. The Morgan fingerprint density at radius 1 is 1.04 bits per heavy atom. The molecule has 0 unspecified atom stereocenters. The number of nitrogens with zero attached hydrogens (tertiary/aromatic N) is 1. The maximum absolute atomic E-state index is 12.4. The van der Waals surface area contributed by atoms with Gasteiger partial charge in [0, 0.05) is 22.5 Å². The largest absolute Gasteiger partial charge is 0.366 e. The van der Waals surface area contributed by atoms with Crippen LogP contribution in [0.3, 0.4) is 0 Å². The molecule has 4 heteroatoms. The van der Waals surface area contributed by atoms with Crippen LogP contribution in [-0.2, 0) is 6.42 Å². The molecule has 0 saturated heterocycles. The Labute approximate surface area is 159 Å². The minimum Gasteiger partial charge on any atom is -0.366 e. The molecular weight excluding hydrogens is 336 g/mol. The average Bonchev–Trinajstić information content (AvgIpc) is 3.48. The van der Waals surface area contributed by atoms with E-state index in [1.165, 1.54) is 18.4 Å². The standard InChI is InChI=1S/C14H14N2O2.C9H12/c1-8-12(13(15)17)10-4-2-3-5-11(10)14(18)16(8)9-6-7-9;1-2-6-9-7-4-3-5-8-9/h2-5,9H,6-7H2,1H3,(H2,15,17);3-5,7-8H,2,6H2,1H3. The second kappa shape index (κ2) is 8.21. The smallest absolute Gasteiger partial charge is 0.258 e. The fourth-order valence-electron chi connectivity index (χ4n) is 3.50. The number of aryl methyl sites for hydroxylation is 1. The Morgan fingerprint density at radius 3 is 2.19 bits per heavy atom. The zero-order chi connectivity index (χ0) is 19.4. The summed E-state index contributed by atoms with van der Waals surface area (Å²) < 4.78 is 1.72. The van der Waals surface area contributed by atoms with Gasteiger partial charge in [0.15, 0.2) is 0 Å². The number of pyridine rings is 1. The predicted octanol–water partition coefficient (Wildman–Crippen LogP) is 4.38. The first-order chi connectivity index (χ1) is 13.0. The molecule has 0 atom stereocenters. The van der Waals surface area contributed by atoms with Crippen LogP contribution in [0.4, 0.5) is 0 Å². The normalized spacial score (nSPS) is 13.1. The van der Waals surface area contributed by atoms with Crippen molar-refractivity contribution in [2.24, 2.45) is 5.73 Å². The fraction of sp³-hybridized carbons (Fsp3) is 0.304. The molecule has 1 fully saturated rings. The van der Waals surface area contributed by atoms with Gasteiger partial charge in [-0.05, 0) is 37.8 Å². The molecule has 4 nitrogen and oxygen atoms in total. The van der Waals surface area contributed by atoms with E-state index in [2.05, 4.69) is 37.3 Å². The number of fused-ring (bicyclic) bond motifs is 1. The number of benzene rings is 2. The van der Waals surface area contributed by atoms with E-state index in [0.717, 1.165) is 12.8 Å². The quantitative estimate of drug-likeness (QED) is 0.748. The van der Waals surface area contributed by atoms with Crippen LogP contribution in [0, 0.1) is 6.92 Å². The number of nitrogens with two attached hydrogens (primary N) is 1. The third-order valence-electron chi connectivity index (χ3n) is 4.91. The Hall–Kier alpha value is -2.88. The summed E-state index contributed by atoms with van der Waals surface area (Å²) in [5.41, 5.74) is 8.05. The summed E-state index contributed by atoms with van der Waals surface area (Å²) in [5.74, 6) is -0.474. The zero-order valence-corrected chi connectivity index (χ0v) is 15.9. The van der Waals surface area contributed by atoms with Gasteiger partial charge in [0.2, 0.25) is 0 Å². The summed E-state index contributed by atoms with van der Waals surface area (Å²) in [6.07, 6.45) is 4.44. The Morgan fingerprint density at radius 2 is 1.63 bits per heavy atom. The minimum absolute atomic E-state index is 0.0180. The van der Waals surface area contributed by atoms with Crippen molar-refractivity contribution in [3.05, 3.63) is 81.8 Å². The molecule has 0 spiro atoms. The van der Waals surface area contributed by atoms with Gasteiger partial charge in [0.05, 0.1) is 5.56 Å². The number of rotatable bonds is 4. The first-order valence-electron chi connectivity index (χ1n) is 9.52. The number of amides is 1. The highest BCUT2D eigenvalue weighted by atomic mass is 16.1. The maximum Gasteiger partial charge on any atom is 0.258 e. The van der Waals surface area contributed by atoms with Gasteiger partial charge >= 0.3 is 0 Å². The molecule has 2 N–H and O–H groups in total. The molecule has 1 aliphatic rings. The van der Waals surface area contributed by atoms with Crippen molar-refractivity contribution in [3.8, 4) is 0 Å². The number of hydrogen-bond acceptors (Lipinski definition) is 2. The van der Waals surface area contributed by atoms with Crippen LogP contribution in [0.5, 0.6) is 0 Å². The maximum atomic E-state index is 12.4. The molecule has 0 radical (unpaired) electrons. The Bertz CT molecular complexity index is 1000. The van der Waals surface area contributed by atoms with Crippen LogP contribution in [0.25, 0.3) is 10.8 Å². The summed E-state index contributed by atoms with van der Waals surface area (Å²) in [6, 6.07) is 18.0. The average molecular weight is 362 g/mol. The van der Waals surface area contributed by atoms with Crippen LogP contribution in [0.1, 0.15) is 53.8 Å². The molecule has 1 amide bonds. The molecule has 0 bridgehead atoms. The van der Waals surface area contributed by atoms with Gasteiger partial charge in [0.1, 0.15) is 0 Å². The van der Waals surface area contributed by atoms with Gasteiger partial charge in [-0.1, -0.05) is 61.9 Å². The summed E-state index contributed by atoms with van der Waals surface area (Å²) in [5, 5.41) is 1.23. The highest BCUT2D eigenvalue weighted by Crippen LogP contribution is 2.36. The third kappa shape index (κ3) is 4.11. The van der Waals surface area contributed by atoms with E-state index < -0.39 is 5.91 Å². The van der Waals surface area contributed by atoms with Gasteiger partial charge in [0.25, 0.3) is 11.5 Å². The molecule has 1 saturated carbocycles. The van der Waals surface area contributed by atoms with E-state index in [-0.39, 0.29) is 11.6 Å². The first kappa shape index (κ1) is 18.9. The second-order valence-corrected chi connectivity index (χ2v) is 7.01. The lowest BCUT2D eigenvalue weighted by Crippen LogP contribution is -2.26. The van der Waals surface area contributed by atoms with Crippen LogP contribution in [0.15, 0.2) is 59.4 Å². The van der Waals surface area contributed by atoms with Crippen molar-refractivity contribution in [2.75, 3.05) is 0 Å². The summed E-state index contributed by atoms with van der Waals surface area (Å²) in [6.45, 7) is 4.00. The van der Waals surface area contributed by atoms with Gasteiger partial charge < -0.3 is 10.3 Å². The molecule has 1 aromatic heterocycles. The van der Waals surface area contributed by atoms with Gasteiger partial charge in [-0.15, -0.1) is 0 Å². The van der Waals surface area contributed by atoms with E-state index in [9.17, 15) is 9.59 Å². The minimum atomic E-state index is -0.474. The molecule has 1 heterocycles. The Kier molecular flexibility index (Phi) is 5.75. The first-order valence-corrected chi connectivity index (χ1v) is 9.52. The number of aromatic nitrogens is 1. The van der Waals surface area contributed by atoms with Crippen molar-refractivity contribution < 1.29 is 4.79 Å². The topological polar surface area (TPSA) is 65.1 Å².